The molecule has 1 fully saturated rings. The van der Waals surface area contributed by atoms with Crippen LogP contribution in [-0.2, 0) is 4.79 Å². The summed E-state index contributed by atoms with van der Waals surface area (Å²) < 4.78 is 11.7. The SMILES string of the molecule is Cc1ccccc1-c1cnc(-c2cccnc2)nc1C1CCN(C(=O)[C@@H]2COc3ccccc3O2)CC1. The average molecular weight is 493 g/mol. The molecule has 0 aliphatic carbocycles. The van der Waals surface area contributed by atoms with Crippen molar-refractivity contribution in [2.75, 3.05) is 19.7 Å². The minimum absolute atomic E-state index is 0.0224. The van der Waals surface area contributed by atoms with E-state index in [0.717, 1.165) is 35.2 Å². The third kappa shape index (κ3) is 4.65. The van der Waals surface area contributed by atoms with Crippen LogP contribution in [-0.4, -0.2) is 51.6 Å². The second-order valence-electron chi connectivity index (χ2n) is 9.51. The van der Waals surface area contributed by atoms with Crippen LogP contribution in [0.15, 0.2) is 79.3 Å². The second kappa shape index (κ2) is 10.0. The van der Waals surface area contributed by atoms with E-state index in [1.54, 1.807) is 12.4 Å². The summed E-state index contributed by atoms with van der Waals surface area (Å²) in [5.41, 5.74) is 5.30. The monoisotopic (exact) mass is 492 g/mol. The van der Waals surface area contributed by atoms with Gasteiger partial charge in [0, 0.05) is 48.7 Å². The number of hydrogen-bond acceptors (Lipinski definition) is 6. The van der Waals surface area contributed by atoms with E-state index in [0.29, 0.717) is 30.4 Å². The molecule has 1 atom stereocenters. The van der Waals surface area contributed by atoms with Crippen molar-refractivity contribution in [2.45, 2.75) is 31.8 Å². The number of hydrogen-bond donors (Lipinski definition) is 0. The molecule has 0 unspecified atom stereocenters. The summed E-state index contributed by atoms with van der Waals surface area (Å²) in [4.78, 5) is 29.2. The number of carbonyl (C=O) groups is 1. The lowest BCUT2D eigenvalue weighted by Crippen LogP contribution is -2.48. The molecule has 37 heavy (non-hydrogen) atoms. The number of likely N-dealkylation sites (tertiary alicyclic amines) is 1. The molecule has 0 bridgehead atoms. The molecule has 0 radical (unpaired) electrons. The fourth-order valence-electron chi connectivity index (χ4n) is 5.14. The number of pyridine rings is 1. The fraction of sp³-hybridized carbons (Fsp3) is 0.267. The minimum Gasteiger partial charge on any atom is -0.485 e. The van der Waals surface area contributed by atoms with E-state index in [2.05, 4.69) is 24.0 Å². The van der Waals surface area contributed by atoms with E-state index in [1.165, 1.54) is 5.56 Å². The summed E-state index contributed by atoms with van der Waals surface area (Å²) in [6.45, 7) is 3.63. The predicted molar refractivity (Wildman–Crippen MR) is 140 cm³/mol. The van der Waals surface area contributed by atoms with Crippen molar-refractivity contribution in [3.63, 3.8) is 0 Å². The number of amides is 1. The maximum Gasteiger partial charge on any atom is 0.267 e. The van der Waals surface area contributed by atoms with Gasteiger partial charge in [-0.2, -0.15) is 0 Å². The molecule has 2 aromatic carbocycles. The highest BCUT2D eigenvalue weighted by atomic mass is 16.6. The maximum absolute atomic E-state index is 13.3. The molecule has 4 heterocycles. The first-order chi connectivity index (χ1) is 18.2. The third-order valence-electron chi connectivity index (χ3n) is 7.15. The number of ether oxygens (including phenoxy) is 2. The molecule has 0 saturated carbocycles. The molecule has 4 aromatic rings. The molecule has 2 aliphatic heterocycles. The summed E-state index contributed by atoms with van der Waals surface area (Å²) in [5.74, 6) is 2.16. The summed E-state index contributed by atoms with van der Waals surface area (Å²) in [6, 6.07) is 19.7. The predicted octanol–water partition coefficient (Wildman–Crippen LogP) is 5.06. The number of rotatable bonds is 4. The zero-order valence-electron chi connectivity index (χ0n) is 20.7. The zero-order valence-corrected chi connectivity index (χ0v) is 20.7. The van der Waals surface area contributed by atoms with Crippen LogP contribution >= 0.6 is 0 Å². The van der Waals surface area contributed by atoms with Gasteiger partial charge in [0.05, 0.1) is 5.69 Å². The van der Waals surface area contributed by atoms with E-state index in [1.807, 2.05) is 59.6 Å². The third-order valence-corrected chi connectivity index (χ3v) is 7.15. The second-order valence-corrected chi connectivity index (χ2v) is 9.51. The van der Waals surface area contributed by atoms with Gasteiger partial charge in [0.15, 0.2) is 17.3 Å². The molecule has 0 spiro atoms. The highest BCUT2D eigenvalue weighted by Crippen LogP contribution is 2.37. The first-order valence-corrected chi connectivity index (χ1v) is 12.7. The summed E-state index contributed by atoms with van der Waals surface area (Å²) in [6.07, 6.45) is 6.49. The van der Waals surface area contributed by atoms with Gasteiger partial charge in [0.25, 0.3) is 5.91 Å². The summed E-state index contributed by atoms with van der Waals surface area (Å²) in [7, 11) is 0. The highest BCUT2D eigenvalue weighted by Gasteiger charge is 2.34. The Morgan fingerprint density at radius 2 is 1.70 bits per heavy atom. The van der Waals surface area contributed by atoms with Crippen LogP contribution in [0.4, 0.5) is 0 Å². The molecular weight excluding hydrogens is 464 g/mol. The molecule has 2 aliphatic rings. The molecule has 2 aromatic heterocycles. The van der Waals surface area contributed by atoms with Crippen LogP contribution in [0.3, 0.4) is 0 Å². The van der Waals surface area contributed by atoms with Gasteiger partial charge in [-0.05, 0) is 55.2 Å². The first kappa shape index (κ1) is 23.2. The van der Waals surface area contributed by atoms with Crippen LogP contribution in [0.2, 0.25) is 0 Å². The van der Waals surface area contributed by atoms with Crippen molar-refractivity contribution < 1.29 is 14.3 Å². The lowest BCUT2D eigenvalue weighted by atomic mass is 9.87. The Labute approximate surface area is 216 Å². The van der Waals surface area contributed by atoms with Gasteiger partial charge in [-0.15, -0.1) is 0 Å². The lowest BCUT2D eigenvalue weighted by molar-refractivity contribution is -0.142. The molecule has 7 heteroatoms. The lowest BCUT2D eigenvalue weighted by Gasteiger charge is -2.35. The van der Waals surface area contributed by atoms with Crippen molar-refractivity contribution in [1.82, 2.24) is 19.9 Å². The van der Waals surface area contributed by atoms with Crippen LogP contribution in [0, 0.1) is 6.92 Å². The van der Waals surface area contributed by atoms with Crippen molar-refractivity contribution in [3.8, 4) is 34.0 Å². The largest absolute Gasteiger partial charge is 0.485 e. The van der Waals surface area contributed by atoms with E-state index in [4.69, 9.17) is 19.4 Å². The van der Waals surface area contributed by atoms with Crippen LogP contribution in [0.1, 0.15) is 30.0 Å². The van der Waals surface area contributed by atoms with E-state index in [-0.39, 0.29) is 18.4 Å². The number of para-hydroxylation sites is 2. The molecule has 186 valence electrons. The van der Waals surface area contributed by atoms with Crippen molar-refractivity contribution in [3.05, 3.63) is 90.5 Å². The number of aromatic nitrogens is 3. The standard InChI is InChI=1S/C30H28N4O3/c1-20-7-2-3-9-23(20)24-18-32-29(22-8-6-14-31-17-22)33-28(24)21-12-15-34(16-13-21)30(35)27-19-36-25-10-4-5-11-26(25)37-27/h2-11,14,17-18,21,27H,12-13,15-16,19H2,1H3/t27-/m0/s1. The van der Waals surface area contributed by atoms with Gasteiger partial charge >= 0.3 is 0 Å². The fourth-order valence-corrected chi connectivity index (χ4v) is 5.14. The van der Waals surface area contributed by atoms with Gasteiger partial charge in [-0.1, -0.05) is 36.4 Å². The van der Waals surface area contributed by atoms with Crippen LogP contribution in [0.25, 0.3) is 22.5 Å². The van der Waals surface area contributed by atoms with Crippen LogP contribution in [0.5, 0.6) is 11.5 Å². The summed E-state index contributed by atoms with van der Waals surface area (Å²) in [5, 5.41) is 0. The van der Waals surface area contributed by atoms with Gasteiger partial charge in [-0.25, -0.2) is 9.97 Å². The van der Waals surface area contributed by atoms with E-state index < -0.39 is 6.10 Å². The average Bonchev–Trinajstić information content (AvgIpc) is 2.97. The quantitative estimate of drug-likeness (QED) is 0.396. The van der Waals surface area contributed by atoms with Gasteiger partial charge in [-0.3, -0.25) is 9.78 Å². The number of aryl methyl sites for hydroxylation is 1. The van der Waals surface area contributed by atoms with Gasteiger partial charge in [0.2, 0.25) is 6.10 Å². The highest BCUT2D eigenvalue weighted by molar-refractivity contribution is 5.82. The summed E-state index contributed by atoms with van der Waals surface area (Å²) >= 11 is 0. The molecular formula is C30H28N4O3. The smallest absolute Gasteiger partial charge is 0.267 e. The molecule has 0 N–H and O–H groups in total. The molecule has 7 nitrogen and oxygen atoms in total. The number of piperidine rings is 1. The van der Waals surface area contributed by atoms with Crippen molar-refractivity contribution >= 4 is 5.91 Å². The van der Waals surface area contributed by atoms with E-state index in [9.17, 15) is 4.79 Å². The number of carbonyl (C=O) groups excluding carboxylic acids is 1. The molecule has 1 saturated heterocycles. The maximum atomic E-state index is 13.3. The van der Waals surface area contributed by atoms with Gasteiger partial charge < -0.3 is 14.4 Å². The Balaban J connectivity index is 1.24. The number of benzene rings is 2. The van der Waals surface area contributed by atoms with Crippen molar-refractivity contribution in [2.24, 2.45) is 0 Å². The number of nitrogens with zero attached hydrogens (tertiary/aromatic N) is 4. The Kier molecular flexibility index (Phi) is 6.26. The Morgan fingerprint density at radius 1 is 0.919 bits per heavy atom. The van der Waals surface area contributed by atoms with E-state index >= 15 is 0 Å². The Morgan fingerprint density at radius 3 is 2.49 bits per heavy atom. The normalized spacial score (nSPS) is 17.4. The minimum atomic E-state index is -0.620. The molecule has 6 rings (SSSR count). The molecule has 1 amide bonds. The Hall–Kier alpha value is -4.26. The zero-order chi connectivity index (χ0) is 25.2. The van der Waals surface area contributed by atoms with Crippen LogP contribution < -0.4 is 9.47 Å². The number of fused-ring (bicyclic) bond motifs is 1. The van der Waals surface area contributed by atoms with Gasteiger partial charge in [0.1, 0.15) is 6.61 Å². The topological polar surface area (TPSA) is 77.4 Å². The van der Waals surface area contributed by atoms with Crippen molar-refractivity contribution in [1.29, 1.82) is 0 Å². The first-order valence-electron chi connectivity index (χ1n) is 12.7. The Bertz CT molecular complexity index is 1420.